The highest BCUT2D eigenvalue weighted by Gasteiger charge is 2.04. The molecule has 1 aromatic carbocycles. The first kappa shape index (κ1) is 10.1. The van der Waals surface area contributed by atoms with Crippen molar-refractivity contribution >= 4 is 26.4 Å². The van der Waals surface area contributed by atoms with Gasteiger partial charge in [-0.15, -0.1) is 0 Å². The first-order chi connectivity index (χ1) is 6.13. The number of anilines is 1. The average molecular weight is 244 g/mol. The van der Waals surface area contributed by atoms with Gasteiger partial charge < -0.3 is 10.1 Å². The molecule has 1 aromatic rings. The second-order valence-electron chi connectivity index (χ2n) is 2.60. The van der Waals surface area contributed by atoms with E-state index < -0.39 is 0 Å². The highest BCUT2D eigenvalue weighted by atomic mass is 79.9. The van der Waals surface area contributed by atoms with E-state index in [1.807, 2.05) is 25.1 Å². The van der Waals surface area contributed by atoms with Crippen molar-refractivity contribution in [1.29, 1.82) is 0 Å². The Bertz CT molecular complexity index is 325. The zero-order valence-corrected chi connectivity index (χ0v) is 9.01. The van der Waals surface area contributed by atoms with Crippen molar-refractivity contribution in [3.8, 4) is 5.75 Å². The van der Waals surface area contributed by atoms with Gasteiger partial charge in [-0.1, -0.05) is 6.07 Å². The van der Waals surface area contributed by atoms with Gasteiger partial charge in [-0.05, 0) is 24.6 Å². The molecule has 1 N–H and O–H groups in total. The summed E-state index contributed by atoms with van der Waals surface area (Å²) in [7, 11) is 1.56. The molecule has 4 heteroatoms. The summed E-state index contributed by atoms with van der Waals surface area (Å²) >= 11 is 2.79. The lowest BCUT2D eigenvalue weighted by molar-refractivity contribution is 0.270. The highest BCUT2D eigenvalue weighted by Crippen LogP contribution is 2.25. The molecule has 0 atom stereocenters. The predicted octanol–water partition coefficient (Wildman–Crippen LogP) is 2.93. The molecule has 0 aliphatic rings. The van der Waals surface area contributed by atoms with Gasteiger partial charge in [-0.3, -0.25) is 4.79 Å². The van der Waals surface area contributed by atoms with E-state index in [0.717, 1.165) is 5.56 Å². The minimum Gasteiger partial charge on any atom is -0.495 e. The van der Waals surface area contributed by atoms with Crippen molar-refractivity contribution in [2.45, 2.75) is 6.92 Å². The Kier molecular flexibility index (Phi) is 3.31. The van der Waals surface area contributed by atoms with Crippen LogP contribution in [0.3, 0.4) is 0 Å². The van der Waals surface area contributed by atoms with Gasteiger partial charge in [-0.25, -0.2) is 0 Å². The summed E-state index contributed by atoms with van der Waals surface area (Å²) in [5.74, 6) is 0.651. The molecule has 0 saturated heterocycles. The van der Waals surface area contributed by atoms with Crippen LogP contribution in [0, 0.1) is 6.92 Å². The van der Waals surface area contributed by atoms with Crippen molar-refractivity contribution in [3.63, 3.8) is 0 Å². The smallest absolute Gasteiger partial charge is 0.291 e. The van der Waals surface area contributed by atoms with Crippen molar-refractivity contribution in [1.82, 2.24) is 0 Å². The summed E-state index contributed by atoms with van der Waals surface area (Å²) in [4.78, 5) is 10.5. The van der Waals surface area contributed by atoms with E-state index in [-0.39, 0.29) is 4.82 Å². The summed E-state index contributed by atoms with van der Waals surface area (Å²) < 4.78 is 5.07. The fourth-order valence-electron chi connectivity index (χ4n) is 1.03. The molecule has 0 aliphatic carbocycles. The summed E-state index contributed by atoms with van der Waals surface area (Å²) in [6.45, 7) is 1.95. The third kappa shape index (κ3) is 2.73. The first-order valence-corrected chi connectivity index (χ1v) is 4.54. The molecule has 70 valence electrons. The maximum absolute atomic E-state index is 10.7. The van der Waals surface area contributed by atoms with Crippen LogP contribution in [0.4, 0.5) is 10.5 Å². The minimum absolute atomic E-state index is 0.281. The van der Waals surface area contributed by atoms with Gasteiger partial charge in [0.2, 0.25) is 0 Å². The molecule has 0 saturated carbocycles. The Hall–Kier alpha value is -1.03. The molecule has 1 rings (SSSR count). The summed E-state index contributed by atoms with van der Waals surface area (Å²) in [5, 5.41) is 2.62. The van der Waals surface area contributed by atoms with Crippen LogP contribution >= 0.6 is 15.9 Å². The molecular weight excluding hydrogens is 234 g/mol. The number of ether oxygens (including phenoxy) is 1. The quantitative estimate of drug-likeness (QED) is 0.641. The van der Waals surface area contributed by atoms with E-state index >= 15 is 0 Å². The van der Waals surface area contributed by atoms with Gasteiger partial charge in [0.25, 0.3) is 4.82 Å². The van der Waals surface area contributed by atoms with Gasteiger partial charge >= 0.3 is 0 Å². The Labute approximate surface area is 85.2 Å². The van der Waals surface area contributed by atoms with Crippen molar-refractivity contribution in [2.24, 2.45) is 0 Å². The van der Waals surface area contributed by atoms with Gasteiger partial charge in [0.15, 0.2) is 0 Å². The number of amides is 1. The molecule has 0 spiro atoms. The number of hydrogen-bond donors (Lipinski definition) is 1. The third-order valence-electron chi connectivity index (χ3n) is 1.59. The fourth-order valence-corrected chi connectivity index (χ4v) is 1.24. The van der Waals surface area contributed by atoms with Crippen molar-refractivity contribution in [2.75, 3.05) is 12.4 Å². The topological polar surface area (TPSA) is 38.3 Å². The van der Waals surface area contributed by atoms with Crippen LogP contribution < -0.4 is 10.1 Å². The molecule has 0 aromatic heterocycles. The van der Waals surface area contributed by atoms with E-state index in [0.29, 0.717) is 11.4 Å². The second-order valence-corrected chi connectivity index (χ2v) is 3.32. The lowest BCUT2D eigenvalue weighted by atomic mass is 10.2. The molecule has 0 aliphatic heterocycles. The van der Waals surface area contributed by atoms with Gasteiger partial charge in [0.1, 0.15) is 5.75 Å². The second kappa shape index (κ2) is 4.28. The number of hydrogen-bond acceptors (Lipinski definition) is 2. The van der Waals surface area contributed by atoms with Crippen molar-refractivity contribution in [3.05, 3.63) is 23.8 Å². The van der Waals surface area contributed by atoms with E-state index in [1.54, 1.807) is 7.11 Å². The van der Waals surface area contributed by atoms with Crippen LogP contribution in [0.1, 0.15) is 5.56 Å². The van der Waals surface area contributed by atoms with Gasteiger partial charge in [-0.2, -0.15) is 0 Å². The number of benzene rings is 1. The molecule has 0 heterocycles. The molecule has 0 bridgehead atoms. The Morgan fingerprint density at radius 2 is 2.23 bits per heavy atom. The molecule has 0 fully saturated rings. The molecular formula is C9H10BrNO2. The highest BCUT2D eigenvalue weighted by molar-refractivity contribution is 9.18. The Balaban J connectivity index is 3.01. The summed E-state index contributed by atoms with van der Waals surface area (Å²) in [6, 6.07) is 5.58. The zero-order valence-electron chi connectivity index (χ0n) is 7.43. The summed E-state index contributed by atoms with van der Waals surface area (Å²) in [6.07, 6.45) is 0. The molecule has 1 amide bonds. The number of rotatable bonds is 2. The average Bonchev–Trinajstić information content (AvgIpc) is 2.03. The number of aryl methyl sites for hydroxylation is 1. The van der Waals surface area contributed by atoms with E-state index in [9.17, 15) is 4.79 Å². The number of carbonyl (C=O) groups is 1. The van der Waals surface area contributed by atoms with Gasteiger partial charge in [0, 0.05) is 15.9 Å². The molecule has 13 heavy (non-hydrogen) atoms. The third-order valence-corrected chi connectivity index (χ3v) is 1.79. The number of methoxy groups -OCH3 is 1. The Morgan fingerprint density at radius 1 is 1.54 bits per heavy atom. The van der Waals surface area contributed by atoms with E-state index in [4.69, 9.17) is 4.74 Å². The molecule has 3 nitrogen and oxygen atoms in total. The van der Waals surface area contributed by atoms with Crippen LogP contribution in [-0.2, 0) is 0 Å². The standard InChI is InChI=1S/C9H10BrNO2/c1-6-3-4-8(13-2)7(5-6)11-9(10)12/h3-5H,1-2H3,(H,11,12). The predicted molar refractivity (Wildman–Crippen MR) is 55.7 cm³/mol. The lowest BCUT2D eigenvalue weighted by Gasteiger charge is -2.08. The fraction of sp³-hybridized carbons (Fsp3) is 0.222. The first-order valence-electron chi connectivity index (χ1n) is 3.74. The normalized spacial score (nSPS) is 9.46. The van der Waals surface area contributed by atoms with Crippen molar-refractivity contribution < 1.29 is 9.53 Å². The largest absolute Gasteiger partial charge is 0.495 e. The Morgan fingerprint density at radius 3 is 2.77 bits per heavy atom. The van der Waals surface area contributed by atoms with E-state index in [2.05, 4.69) is 21.2 Å². The van der Waals surface area contributed by atoms with Crippen LogP contribution in [0.15, 0.2) is 18.2 Å². The van der Waals surface area contributed by atoms with E-state index in [1.165, 1.54) is 0 Å². The zero-order chi connectivity index (χ0) is 9.84. The number of nitrogens with one attached hydrogen (secondary N) is 1. The van der Waals surface area contributed by atoms with Gasteiger partial charge in [0.05, 0.1) is 12.8 Å². The van der Waals surface area contributed by atoms with Crippen LogP contribution in [0.5, 0.6) is 5.75 Å². The molecule has 0 unspecified atom stereocenters. The molecule has 0 radical (unpaired) electrons. The van der Waals surface area contributed by atoms with Crippen LogP contribution in [0.2, 0.25) is 0 Å². The lowest BCUT2D eigenvalue weighted by Crippen LogP contribution is -2.02. The summed E-state index contributed by atoms with van der Waals surface area (Å²) in [5.41, 5.74) is 1.74. The van der Waals surface area contributed by atoms with Crippen LogP contribution in [0.25, 0.3) is 0 Å². The maximum atomic E-state index is 10.7. The SMILES string of the molecule is COc1ccc(C)cc1NC(=O)Br. The number of carbonyl (C=O) groups excluding carboxylic acids is 1. The minimum atomic E-state index is -0.281. The van der Waals surface area contributed by atoms with Crippen LogP contribution in [-0.4, -0.2) is 11.9 Å². The number of halogens is 1. The maximum Gasteiger partial charge on any atom is 0.291 e. The monoisotopic (exact) mass is 243 g/mol.